The number of ether oxygens (including phenoxy) is 2. The number of likely N-dealkylation sites (tertiary alicyclic amines) is 1. The molecule has 6 heteroatoms. The maximum atomic E-state index is 11.9. The van der Waals surface area contributed by atoms with E-state index in [1.54, 1.807) is 4.90 Å². The summed E-state index contributed by atoms with van der Waals surface area (Å²) in [5, 5.41) is 0. The highest BCUT2D eigenvalue weighted by Gasteiger charge is 2.43. The summed E-state index contributed by atoms with van der Waals surface area (Å²) in [6.07, 6.45) is 4.36. The number of carbonyl (C=O) groups excluding carboxylic acids is 1. The van der Waals surface area contributed by atoms with E-state index in [0.717, 1.165) is 43.4 Å². The average Bonchev–Trinajstić information content (AvgIpc) is 3.67. The molecule has 2 saturated heterocycles. The number of anilines is 1. The number of likely N-dealkylation sites (N-methyl/N-ethyl adjacent to an activating group) is 1. The van der Waals surface area contributed by atoms with Crippen molar-refractivity contribution in [3.8, 4) is 5.75 Å². The minimum atomic E-state index is -0.263. The molecular weight excluding hydrogens is 414 g/mol. The Morgan fingerprint density at radius 2 is 1.79 bits per heavy atom. The highest BCUT2D eigenvalue weighted by atomic mass is 16.6. The summed E-state index contributed by atoms with van der Waals surface area (Å²) in [5.41, 5.74) is 2.36. The fraction of sp³-hybridized carbons (Fsp3) is 0.519. The van der Waals surface area contributed by atoms with Crippen LogP contribution in [0.3, 0.4) is 0 Å². The Labute approximate surface area is 197 Å². The van der Waals surface area contributed by atoms with Gasteiger partial charge in [0.2, 0.25) is 0 Å². The molecule has 33 heavy (non-hydrogen) atoms. The molecule has 2 aliphatic heterocycles. The largest absolute Gasteiger partial charge is 0.492 e. The molecule has 3 aliphatic rings. The van der Waals surface area contributed by atoms with Crippen molar-refractivity contribution in [2.24, 2.45) is 0 Å². The second kappa shape index (κ2) is 10.1. The molecule has 0 radical (unpaired) electrons. The quantitative estimate of drug-likeness (QED) is 0.599. The molecule has 1 saturated carbocycles. The van der Waals surface area contributed by atoms with Crippen molar-refractivity contribution < 1.29 is 14.3 Å². The summed E-state index contributed by atoms with van der Waals surface area (Å²) in [6.45, 7) is 5.13. The Morgan fingerprint density at radius 1 is 1.03 bits per heavy atom. The zero-order valence-corrected chi connectivity index (χ0v) is 19.6. The number of cyclic esters (lactones) is 1. The van der Waals surface area contributed by atoms with Gasteiger partial charge in [0, 0.05) is 36.8 Å². The van der Waals surface area contributed by atoms with Crippen molar-refractivity contribution in [3.05, 3.63) is 60.2 Å². The number of amides is 1. The van der Waals surface area contributed by atoms with Crippen molar-refractivity contribution in [1.82, 2.24) is 9.80 Å². The molecular formula is C27H35N3O3. The molecule has 0 spiro atoms. The molecule has 3 fully saturated rings. The third-order valence-electron chi connectivity index (χ3n) is 7.44. The normalized spacial score (nSPS) is 24.1. The minimum Gasteiger partial charge on any atom is -0.492 e. The van der Waals surface area contributed by atoms with Crippen molar-refractivity contribution in [2.75, 3.05) is 51.3 Å². The van der Waals surface area contributed by atoms with Gasteiger partial charge in [-0.25, -0.2) is 4.79 Å². The molecule has 6 nitrogen and oxygen atoms in total. The molecule has 176 valence electrons. The molecule has 1 amide bonds. The van der Waals surface area contributed by atoms with Crippen molar-refractivity contribution in [1.29, 1.82) is 0 Å². The zero-order chi connectivity index (χ0) is 22.6. The van der Waals surface area contributed by atoms with Crippen molar-refractivity contribution in [2.45, 2.75) is 43.7 Å². The number of nitrogens with zero attached hydrogens (tertiary/aromatic N) is 3. The first-order chi connectivity index (χ1) is 16.2. The maximum absolute atomic E-state index is 11.9. The summed E-state index contributed by atoms with van der Waals surface area (Å²) in [4.78, 5) is 18.7. The molecule has 2 aromatic carbocycles. The summed E-state index contributed by atoms with van der Waals surface area (Å²) in [5.74, 6) is 1.56. The fourth-order valence-electron chi connectivity index (χ4n) is 5.31. The van der Waals surface area contributed by atoms with Gasteiger partial charge in [-0.2, -0.15) is 0 Å². The molecule has 2 atom stereocenters. The highest BCUT2D eigenvalue weighted by molar-refractivity contribution is 5.88. The van der Waals surface area contributed by atoms with Gasteiger partial charge in [0.15, 0.2) is 0 Å². The molecule has 0 aromatic heterocycles. The lowest BCUT2D eigenvalue weighted by Gasteiger charge is -2.37. The van der Waals surface area contributed by atoms with Gasteiger partial charge in [0.1, 0.15) is 12.4 Å². The monoisotopic (exact) mass is 449 g/mol. The summed E-state index contributed by atoms with van der Waals surface area (Å²) < 4.78 is 11.1. The number of hydrogen-bond acceptors (Lipinski definition) is 5. The standard InChI is InChI=1S/C27H35N3O3/c1-28(26-20-25(26)21-6-3-2-4-7-21)22-12-15-29(16-13-22)17-19-32-24-10-8-23(9-11-24)30-14-5-18-33-27(30)31/h2-4,6-11,22,25-26H,5,12-20H2,1H3/t25-,26+/m0/s1. The van der Waals surface area contributed by atoms with Crippen LogP contribution in [-0.2, 0) is 4.74 Å². The van der Waals surface area contributed by atoms with Gasteiger partial charge in [-0.05, 0) is 75.6 Å². The van der Waals surface area contributed by atoms with E-state index in [0.29, 0.717) is 31.8 Å². The van der Waals surface area contributed by atoms with Crippen LogP contribution >= 0.6 is 0 Å². The second-order valence-corrected chi connectivity index (χ2v) is 9.52. The van der Waals surface area contributed by atoms with E-state index in [4.69, 9.17) is 9.47 Å². The molecule has 0 unspecified atom stereocenters. The van der Waals surface area contributed by atoms with Crippen LogP contribution in [0.5, 0.6) is 5.75 Å². The molecule has 2 heterocycles. The Morgan fingerprint density at radius 3 is 2.52 bits per heavy atom. The predicted molar refractivity (Wildman–Crippen MR) is 130 cm³/mol. The van der Waals surface area contributed by atoms with Crippen LogP contribution in [0.25, 0.3) is 0 Å². The number of piperidine rings is 1. The summed E-state index contributed by atoms with van der Waals surface area (Å²) in [6, 6.07) is 20.1. The predicted octanol–water partition coefficient (Wildman–Crippen LogP) is 4.36. The summed E-state index contributed by atoms with van der Waals surface area (Å²) >= 11 is 0. The van der Waals surface area contributed by atoms with E-state index in [1.807, 2.05) is 24.3 Å². The SMILES string of the molecule is CN(C1CCN(CCOc2ccc(N3CCCOC3=O)cc2)CC1)[C@@H]1C[C@H]1c1ccccc1. The van der Waals surface area contributed by atoms with Gasteiger partial charge in [0.05, 0.1) is 6.61 Å². The smallest absolute Gasteiger partial charge is 0.414 e. The fourth-order valence-corrected chi connectivity index (χ4v) is 5.31. The average molecular weight is 450 g/mol. The molecule has 0 N–H and O–H groups in total. The van der Waals surface area contributed by atoms with Crippen LogP contribution in [0.2, 0.25) is 0 Å². The van der Waals surface area contributed by atoms with Crippen LogP contribution in [0.1, 0.15) is 37.2 Å². The lowest BCUT2D eigenvalue weighted by atomic mass is 10.0. The van der Waals surface area contributed by atoms with Crippen LogP contribution in [0, 0.1) is 0 Å². The third kappa shape index (κ3) is 5.33. The van der Waals surface area contributed by atoms with Gasteiger partial charge in [0.25, 0.3) is 0 Å². The Kier molecular flexibility index (Phi) is 6.83. The number of carbonyl (C=O) groups is 1. The lowest BCUT2D eigenvalue weighted by molar-refractivity contribution is 0.110. The van der Waals surface area contributed by atoms with Gasteiger partial charge < -0.3 is 9.47 Å². The molecule has 2 aromatic rings. The zero-order valence-electron chi connectivity index (χ0n) is 19.6. The Balaban J connectivity index is 1.02. The van der Waals surface area contributed by atoms with Crippen molar-refractivity contribution >= 4 is 11.8 Å². The first kappa shape index (κ1) is 22.2. The maximum Gasteiger partial charge on any atom is 0.414 e. The van der Waals surface area contributed by atoms with E-state index < -0.39 is 0 Å². The first-order valence-corrected chi connectivity index (χ1v) is 12.4. The van der Waals surface area contributed by atoms with E-state index >= 15 is 0 Å². The Hall–Kier alpha value is -2.57. The van der Waals surface area contributed by atoms with Crippen LogP contribution in [0.4, 0.5) is 10.5 Å². The number of rotatable bonds is 8. The Bertz CT molecular complexity index is 912. The van der Waals surface area contributed by atoms with Gasteiger partial charge in [-0.3, -0.25) is 14.7 Å². The highest BCUT2D eigenvalue weighted by Crippen LogP contribution is 2.45. The van der Waals surface area contributed by atoms with Gasteiger partial charge >= 0.3 is 6.09 Å². The van der Waals surface area contributed by atoms with E-state index in [9.17, 15) is 4.79 Å². The van der Waals surface area contributed by atoms with Crippen LogP contribution in [0.15, 0.2) is 54.6 Å². The summed E-state index contributed by atoms with van der Waals surface area (Å²) in [7, 11) is 2.32. The third-order valence-corrected chi connectivity index (χ3v) is 7.44. The topological polar surface area (TPSA) is 45.2 Å². The van der Waals surface area contributed by atoms with Gasteiger partial charge in [-0.1, -0.05) is 30.3 Å². The minimum absolute atomic E-state index is 0.263. The van der Waals surface area contributed by atoms with E-state index in [1.165, 1.54) is 24.8 Å². The van der Waals surface area contributed by atoms with Crippen LogP contribution in [-0.4, -0.2) is 74.4 Å². The second-order valence-electron chi connectivity index (χ2n) is 9.52. The van der Waals surface area contributed by atoms with E-state index in [2.05, 4.69) is 47.2 Å². The molecule has 1 aliphatic carbocycles. The number of hydrogen-bond donors (Lipinski definition) is 0. The van der Waals surface area contributed by atoms with E-state index in [-0.39, 0.29) is 6.09 Å². The van der Waals surface area contributed by atoms with Gasteiger partial charge in [-0.15, -0.1) is 0 Å². The first-order valence-electron chi connectivity index (χ1n) is 12.4. The van der Waals surface area contributed by atoms with Crippen LogP contribution < -0.4 is 9.64 Å². The number of benzene rings is 2. The van der Waals surface area contributed by atoms with Crippen molar-refractivity contribution in [3.63, 3.8) is 0 Å². The molecule has 0 bridgehead atoms. The molecule has 5 rings (SSSR count). The lowest BCUT2D eigenvalue weighted by Crippen LogP contribution is -2.45.